The zero-order valence-electron chi connectivity index (χ0n) is 11.2. The minimum atomic E-state index is -1.10. The quantitative estimate of drug-likeness (QED) is 0.593. The molecule has 0 aromatic rings. The van der Waals surface area contributed by atoms with Gasteiger partial charge in [-0.15, -0.1) is 0 Å². The Balaban J connectivity index is 2.42. The van der Waals surface area contributed by atoms with E-state index < -0.39 is 11.6 Å². The zero-order valence-corrected chi connectivity index (χ0v) is 11.2. The second kappa shape index (κ2) is 3.35. The van der Waals surface area contributed by atoms with Crippen molar-refractivity contribution >= 4 is 5.97 Å². The van der Waals surface area contributed by atoms with Crippen molar-refractivity contribution in [2.75, 3.05) is 7.11 Å². The number of fused-ring (bicyclic) bond motifs is 2. The third-order valence-electron chi connectivity index (χ3n) is 5.82. The molecule has 0 aromatic carbocycles. The summed E-state index contributed by atoms with van der Waals surface area (Å²) in [7, 11) is 1.33. The van der Waals surface area contributed by atoms with Crippen LogP contribution in [0.4, 0.5) is 0 Å². The van der Waals surface area contributed by atoms with Crippen LogP contribution in [0.1, 0.15) is 40.0 Å². The van der Waals surface area contributed by atoms with Gasteiger partial charge in [-0.25, -0.2) is 4.79 Å². The average Bonchev–Trinajstić information content (AvgIpc) is 2.59. The van der Waals surface area contributed by atoms with Crippen molar-refractivity contribution in [2.24, 2.45) is 16.7 Å². The Labute approximate surface area is 103 Å². The van der Waals surface area contributed by atoms with Crippen molar-refractivity contribution in [2.45, 2.75) is 45.6 Å². The topological polar surface area (TPSA) is 46.5 Å². The molecule has 3 nitrogen and oxygen atoms in total. The first-order valence-corrected chi connectivity index (χ1v) is 6.21. The smallest absolute Gasteiger partial charge is 0.336 e. The predicted octanol–water partition coefficient (Wildman–Crippen LogP) is 2.29. The van der Waals surface area contributed by atoms with E-state index in [0.717, 1.165) is 12.8 Å². The molecular weight excluding hydrogens is 216 g/mol. The highest BCUT2D eigenvalue weighted by Gasteiger charge is 2.70. The molecule has 0 radical (unpaired) electrons. The van der Waals surface area contributed by atoms with Crippen molar-refractivity contribution in [3.8, 4) is 0 Å². The monoisotopic (exact) mass is 238 g/mol. The Bertz CT molecular complexity index is 385. The van der Waals surface area contributed by atoms with Gasteiger partial charge in [-0.05, 0) is 30.6 Å². The van der Waals surface area contributed by atoms with E-state index in [2.05, 4.69) is 27.4 Å². The van der Waals surface area contributed by atoms with Crippen LogP contribution in [0.25, 0.3) is 0 Å². The van der Waals surface area contributed by atoms with Gasteiger partial charge >= 0.3 is 5.97 Å². The fraction of sp³-hybridized carbons (Fsp3) is 0.786. The van der Waals surface area contributed by atoms with Crippen molar-refractivity contribution in [1.29, 1.82) is 0 Å². The summed E-state index contributed by atoms with van der Waals surface area (Å²) in [6, 6.07) is 0. The van der Waals surface area contributed by atoms with Crippen LogP contribution in [0.2, 0.25) is 0 Å². The van der Waals surface area contributed by atoms with Gasteiger partial charge in [0.15, 0.2) is 0 Å². The highest BCUT2D eigenvalue weighted by atomic mass is 16.5. The lowest BCUT2D eigenvalue weighted by atomic mass is 9.62. The number of esters is 1. The number of hydrogen-bond acceptors (Lipinski definition) is 3. The van der Waals surface area contributed by atoms with Crippen molar-refractivity contribution in [3.63, 3.8) is 0 Å². The van der Waals surface area contributed by atoms with Crippen molar-refractivity contribution in [1.82, 2.24) is 0 Å². The second-order valence-corrected chi connectivity index (χ2v) is 6.32. The van der Waals surface area contributed by atoms with Crippen LogP contribution >= 0.6 is 0 Å². The minimum Gasteiger partial charge on any atom is -0.466 e. The normalized spacial score (nSPS) is 42.5. The van der Waals surface area contributed by atoms with E-state index in [9.17, 15) is 9.90 Å². The highest BCUT2D eigenvalue weighted by molar-refractivity contribution is 5.90. The molecule has 96 valence electrons. The molecule has 2 aliphatic rings. The van der Waals surface area contributed by atoms with E-state index in [1.54, 1.807) is 0 Å². The molecule has 0 amide bonds. The first kappa shape index (κ1) is 12.6. The van der Waals surface area contributed by atoms with E-state index >= 15 is 0 Å². The van der Waals surface area contributed by atoms with Gasteiger partial charge in [-0.2, -0.15) is 0 Å². The summed E-state index contributed by atoms with van der Waals surface area (Å²) in [6.07, 6.45) is 2.70. The molecule has 0 heterocycles. The summed E-state index contributed by atoms with van der Waals surface area (Å²) in [4.78, 5) is 11.7. The molecule has 0 unspecified atom stereocenters. The van der Waals surface area contributed by atoms with Crippen LogP contribution in [0.3, 0.4) is 0 Å². The molecule has 3 atom stereocenters. The van der Waals surface area contributed by atoms with Crippen LogP contribution in [0, 0.1) is 16.7 Å². The van der Waals surface area contributed by atoms with Crippen LogP contribution < -0.4 is 0 Å². The Morgan fingerprint density at radius 1 is 1.41 bits per heavy atom. The Morgan fingerprint density at radius 2 is 2.00 bits per heavy atom. The van der Waals surface area contributed by atoms with Crippen LogP contribution in [-0.4, -0.2) is 23.8 Å². The Morgan fingerprint density at radius 3 is 2.35 bits per heavy atom. The standard InChI is InChI=1S/C14H22O3/c1-9(11(15)17-5)14(16)8-10-6-7-13(14,4)12(10,2)3/h10,16H,1,6-8H2,2-5H3/t10-,13-,14+/m1/s1. The fourth-order valence-electron chi connectivity index (χ4n) is 4.02. The molecule has 1 N–H and O–H groups in total. The van der Waals surface area contributed by atoms with Gasteiger partial charge < -0.3 is 9.84 Å². The van der Waals surface area contributed by atoms with Crippen molar-refractivity contribution in [3.05, 3.63) is 12.2 Å². The van der Waals surface area contributed by atoms with E-state index in [-0.39, 0.29) is 16.4 Å². The van der Waals surface area contributed by atoms with Crippen molar-refractivity contribution < 1.29 is 14.6 Å². The molecule has 2 rings (SSSR count). The molecule has 2 aliphatic carbocycles. The second-order valence-electron chi connectivity index (χ2n) is 6.32. The average molecular weight is 238 g/mol. The number of rotatable bonds is 2. The van der Waals surface area contributed by atoms with Gasteiger partial charge in [-0.3, -0.25) is 0 Å². The molecule has 2 bridgehead atoms. The SMILES string of the molecule is C=C(C(=O)OC)[C@@]1(O)C[C@H]2CC[C@]1(C)C2(C)C. The number of carbonyl (C=O) groups is 1. The molecule has 17 heavy (non-hydrogen) atoms. The molecule has 0 spiro atoms. The number of hydrogen-bond donors (Lipinski definition) is 1. The lowest BCUT2D eigenvalue weighted by Gasteiger charge is -2.45. The predicted molar refractivity (Wildman–Crippen MR) is 65.3 cm³/mol. The first-order valence-electron chi connectivity index (χ1n) is 6.21. The maximum Gasteiger partial charge on any atom is 0.336 e. The summed E-state index contributed by atoms with van der Waals surface area (Å²) in [5, 5.41) is 10.9. The van der Waals surface area contributed by atoms with Crippen LogP contribution in [0.5, 0.6) is 0 Å². The van der Waals surface area contributed by atoms with Gasteiger partial charge in [0.25, 0.3) is 0 Å². The van der Waals surface area contributed by atoms with E-state index in [4.69, 9.17) is 4.74 Å². The number of aliphatic hydroxyl groups is 1. The molecular formula is C14H22O3. The molecule has 0 aromatic heterocycles. The third-order valence-corrected chi connectivity index (χ3v) is 5.82. The molecule has 2 saturated carbocycles. The summed E-state index contributed by atoms with van der Waals surface area (Å²) >= 11 is 0. The lowest BCUT2D eigenvalue weighted by molar-refractivity contribution is -0.142. The maximum absolute atomic E-state index is 11.7. The molecule has 0 aliphatic heterocycles. The molecule has 2 fully saturated rings. The van der Waals surface area contributed by atoms with E-state index in [1.165, 1.54) is 7.11 Å². The van der Waals surface area contributed by atoms with Gasteiger partial charge in [0, 0.05) is 5.41 Å². The number of ether oxygens (including phenoxy) is 1. The molecule has 0 saturated heterocycles. The van der Waals surface area contributed by atoms with E-state index in [0.29, 0.717) is 12.3 Å². The highest BCUT2D eigenvalue weighted by Crippen LogP contribution is 2.71. The lowest BCUT2D eigenvalue weighted by Crippen LogP contribution is -2.50. The minimum absolute atomic E-state index is 0.0404. The maximum atomic E-state index is 11.7. The van der Waals surface area contributed by atoms with Gasteiger partial charge in [0.05, 0.1) is 12.7 Å². The van der Waals surface area contributed by atoms with Crippen LogP contribution in [0.15, 0.2) is 12.2 Å². The summed E-state index contributed by atoms with van der Waals surface area (Å²) < 4.78 is 4.71. The van der Waals surface area contributed by atoms with Gasteiger partial charge in [-0.1, -0.05) is 27.4 Å². The molecule has 3 heteroatoms. The van der Waals surface area contributed by atoms with E-state index in [1.807, 2.05) is 0 Å². The Hall–Kier alpha value is -0.830. The van der Waals surface area contributed by atoms with Crippen LogP contribution in [-0.2, 0) is 9.53 Å². The zero-order chi connectivity index (χ0) is 13.1. The number of methoxy groups -OCH3 is 1. The summed E-state index contributed by atoms with van der Waals surface area (Å²) in [5.41, 5.74) is -1.13. The summed E-state index contributed by atoms with van der Waals surface area (Å²) in [6.45, 7) is 10.2. The van der Waals surface area contributed by atoms with Gasteiger partial charge in [0.1, 0.15) is 5.60 Å². The fourth-order valence-corrected chi connectivity index (χ4v) is 4.02. The Kier molecular flexibility index (Phi) is 2.48. The van der Waals surface area contributed by atoms with Gasteiger partial charge in [0.2, 0.25) is 0 Å². The number of carbonyl (C=O) groups excluding carboxylic acids is 1. The first-order chi connectivity index (χ1) is 7.70. The third kappa shape index (κ3) is 1.23. The summed E-state index contributed by atoms with van der Waals surface area (Å²) in [5.74, 6) is -0.0315. The largest absolute Gasteiger partial charge is 0.466 e.